The molecule has 162 valence electrons. The molecule has 1 amide bonds. The number of likely N-dealkylation sites (N-methyl/N-ethyl adjacent to an activating group) is 1. The average molecular weight is 445 g/mol. The Bertz CT molecular complexity index is 1260. The number of thiazole rings is 1. The highest BCUT2D eigenvalue weighted by atomic mass is 32.1. The van der Waals surface area contributed by atoms with Gasteiger partial charge in [-0.2, -0.15) is 0 Å². The number of fused-ring (bicyclic) bond motifs is 1. The third-order valence-electron chi connectivity index (χ3n) is 5.70. The number of pyridine rings is 2. The van der Waals surface area contributed by atoms with E-state index in [0.29, 0.717) is 11.4 Å². The number of anilines is 2. The first-order chi connectivity index (χ1) is 15.6. The first-order valence-corrected chi connectivity index (χ1v) is 11.4. The van der Waals surface area contributed by atoms with Gasteiger partial charge in [0.05, 0.1) is 9.88 Å². The summed E-state index contributed by atoms with van der Waals surface area (Å²) in [5, 5.41) is 6.15. The van der Waals surface area contributed by atoms with E-state index in [-0.39, 0.29) is 5.91 Å². The Labute approximate surface area is 190 Å². The van der Waals surface area contributed by atoms with Crippen molar-refractivity contribution in [1.29, 1.82) is 0 Å². The van der Waals surface area contributed by atoms with Gasteiger partial charge >= 0.3 is 0 Å². The summed E-state index contributed by atoms with van der Waals surface area (Å²) in [6.07, 6.45) is 5.14. The summed E-state index contributed by atoms with van der Waals surface area (Å²) in [7, 11) is 2.14. The molecule has 32 heavy (non-hydrogen) atoms. The molecule has 0 aliphatic carbocycles. The molecule has 1 N–H and O–H groups in total. The van der Waals surface area contributed by atoms with E-state index < -0.39 is 0 Å². The highest BCUT2D eigenvalue weighted by molar-refractivity contribution is 7.15. The molecule has 5 rings (SSSR count). The zero-order chi connectivity index (χ0) is 22.1. The molecule has 1 aliphatic rings. The van der Waals surface area contributed by atoms with Crippen molar-refractivity contribution < 1.29 is 4.79 Å². The van der Waals surface area contributed by atoms with E-state index in [9.17, 15) is 4.79 Å². The van der Waals surface area contributed by atoms with Crippen LogP contribution >= 0.6 is 11.3 Å². The van der Waals surface area contributed by atoms with Crippen molar-refractivity contribution in [3.05, 3.63) is 65.6 Å². The molecule has 8 heteroatoms. The van der Waals surface area contributed by atoms with Gasteiger partial charge in [0.15, 0.2) is 0 Å². The van der Waals surface area contributed by atoms with Crippen LogP contribution in [-0.2, 0) is 0 Å². The molecule has 1 aromatic carbocycles. The molecule has 3 aromatic heterocycles. The number of hydrogen-bond donors (Lipinski definition) is 1. The summed E-state index contributed by atoms with van der Waals surface area (Å²) in [4.78, 5) is 31.8. The standard InChI is InChI=1S/C24H24N6OS/c1-16-26-15-21(32-16)18-3-4-20-19(13-18)14-22(28-24(31)17-5-7-25-8-6-17)27-23(20)30-11-9-29(2)10-12-30/h3-8,13-15H,9-12H2,1-2H3,(H,27,28,31). The van der Waals surface area contributed by atoms with E-state index >= 15 is 0 Å². The Balaban J connectivity index is 1.57. The predicted octanol–water partition coefficient (Wildman–Crippen LogP) is 4.07. The minimum atomic E-state index is -0.196. The smallest absolute Gasteiger partial charge is 0.256 e. The summed E-state index contributed by atoms with van der Waals surface area (Å²) < 4.78 is 0. The number of aryl methyl sites for hydroxylation is 1. The number of nitrogens with one attached hydrogen (secondary N) is 1. The Morgan fingerprint density at radius 2 is 1.84 bits per heavy atom. The van der Waals surface area contributed by atoms with E-state index in [4.69, 9.17) is 4.98 Å². The maximum Gasteiger partial charge on any atom is 0.256 e. The Morgan fingerprint density at radius 1 is 1.06 bits per heavy atom. The van der Waals surface area contributed by atoms with Gasteiger partial charge in [0.25, 0.3) is 5.91 Å². The van der Waals surface area contributed by atoms with Gasteiger partial charge < -0.3 is 15.1 Å². The summed E-state index contributed by atoms with van der Waals surface area (Å²) in [6.45, 7) is 5.77. The van der Waals surface area contributed by atoms with Gasteiger partial charge in [0.2, 0.25) is 0 Å². The van der Waals surface area contributed by atoms with E-state index in [1.165, 1.54) is 0 Å². The fourth-order valence-electron chi connectivity index (χ4n) is 3.90. The quantitative estimate of drug-likeness (QED) is 0.512. The van der Waals surface area contributed by atoms with Gasteiger partial charge in [-0.1, -0.05) is 12.1 Å². The Kier molecular flexibility index (Phi) is 5.55. The minimum Gasteiger partial charge on any atom is -0.353 e. The van der Waals surface area contributed by atoms with Crippen molar-refractivity contribution in [2.45, 2.75) is 6.92 Å². The molecule has 7 nitrogen and oxygen atoms in total. The van der Waals surface area contributed by atoms with Gasteiger partial charge in [-0.25, -0.2) is 9.97 Å². The third-order valence-corrected chi connectivity index (χ3v) is 6.67. The van der Waals surface area contributed by atoms with Crippen molar-refractivity contribution in [1.82, 2.24) is 19.9 Å². The second kappa shape index (κ2) is 8.64. The second-order valence-corrected chi connectivity index (χ2v) is 9.23. The molecule has 1 saturated heterocycles. The van der Waals surface area contributed by atoms with Crippen LogP contribution in [0.5, 0.6) is 0 Å². The number of nitrogens with zero attached hydrogens (tertiary/aromatic N) is 5. The van der Waals surface area contributed by atoms with Crippen LogP contribution in [0, 0.1) is 6.92 Å². The molecule has 0 spiro atoms. The van der Waals surface area contributed by atoms with Crippen molar-refractivity contribution in [3.8, 4) is 10.4 Å². The van der Waals surface area contributed by atoms with Gasteiger partial charge in [0.1, 0.15) is 11.6 Å². The van der Waals surface area contributed by atoms with Crippen LogP contribution in [0.15, 0.2) is 55.0 Å². The van der Waals surface area contributed by atoms with Crippen molar-refractivity contribution in [2.24, 2.45) is 0 Å². The van der Waals surface area contributed by atoms with Crippen LogP contribution < -0.4 is 10.2 Å². The summed E-state index contributed by atoms with van der Waals surface area (Å²) in [5.74, 6) is 1.26. The van der Waals surface area contributed by atoms with E-state index in [2.05, 4.69) is 50.3 Å². The molecule has 1 fully saturated rings. The van der Waals surface area contributed by atoms with E-state index in [1.807, 2.05) is 19.2 Å². The molecule has 0 bridgehead atoms. The fourth-order valence-corrected chi connectivity index (χ4v) is 4.68. The van der Waals surface area contributed by atoms with Gasteiger partial charge in [-0.15, -0.1) is 11.3 Å². The molecule has 4 aromatic rings. The van der Waals surface area contributed by atoms with Crippen LogP contribution in [0.1, 0.15) is 15.4 Å². The van der Waals surface area contributed by atoms with Crippen molar-refractivity contribution >= 4 is 39.7 Å². The first kappa shape index (κ1) is 20.5. The molecular weight excluding hydrogens is 420 g/mol. The fraction of sp³-hybridized carbons (Fsp3) is 0.250. The number of carbonyl (C=O) groups is 1. The Morgan fingerprint density at radius 3 is 2.56 bits per heavy atom. The molecule has 0 radical (unpaired) electrons. The van der Waals surface area contributed by atoms with Crippen LogP contribution in [0.3, 0.4) is 0 Å². The zero-order valence-electron chi connectivity index (χ0n) is 18.1. The van der Waals surface area contributed by atoms with E-state index in [1.54, 1.807) is 35.9 Å². The summed E-state index contributed by atoms with van der Waals surface area (Å²) in [5.41, 5.74) is 1.67. The molecule has 0 atom stereocenters. The lowest BCUT2D eigenvalue weighted by Crippen LogP contribution is -2.45. The summed E-state index contributed by atoms with van der Waals surface area (Å²) in [6, 6.07) is 11.8. The van der Waals surface area contributed by atoms with Crippen LogP contribution in [0.4, 0.5) is 11.6 Å². The minimum absolute atomic E-state index is 0.196. The maximum atomic E-state index is 12.8. The number of hydrogen-bond acceptors (Lipinski definition) is 7. The van der Waals surface area contributed by atoms with Crippen molar-refractivity contribution in [3.63, 3.8) is 0 Å². The van der Waals surface area contributed by atoms with Gasteiger partial charge in [0, 0.05) is 55.7 Å². The molecule has 1 aliphatic heterocycles. The van der Waals surface area contributed by atoms with Crippen LogP contribution in [0.2, 0.25) is 0 Å². The monoisotopic (exact) mass is 444 g/mol. The van der Waals surface area contributed by atoms with Crippen LogP contribution in [-0.4, -0.2) is 59.0 Å². The maximum absolute atomic E-state index is 12.8. The third kappa shape index (κ3) is 4.19. The SMILES string of the molecule is Cc1ncc(-c2ccc3c(N4CCN(C)CC4)nc(NC(=O)c4ccncc4)cc3c2)s1. The number of carbonyl (C=O) groups excluding carboxylic acids is 1. The highest BCUT2D eigenvalue weighted by Crippen LogP contribution is 2.34. The first-order valence-electron chi connectivity index (χ1n) is 10.6. The second-order valence-electron chi connectivity index (χ2n) is 7.99. The van der Waals surface area contributed by atoms with E-state index in [0.717, 1.165) is 58.2 Å². The predicted molar refractivity (Wildman–Crippen MR) is 129 cm³/mol. The lowest BCUT2D eigenvalue weighted by atomic mass is 10.1. The van der Waals surface area contributed by atoms with Crippen molar-refractivity contribution in [2.75, 3.05) is 43.4 Å². The number of aromatic nitrogens is 3. The molecular formula is C24H24N6OS. The van der Waals surface area contributed by atoms with Crippen LogP contribution in [0.25, 0.3) is 21.2 Å². The molecule has 0 saturated carbocycles. The lowest BCUT2D eigenvalue weighted by Gasteiger charge is -2.34. The number of amides is 1. The zero-order valence-corrected chi connectivity index (χ0v) is 18.9. The normalized spacial score (nSPS) is 14.6. The number of piperazine rings is 1. The summed E-state index contributed by atoms with van der Waals surface area (Å²) >= 11 is 1.68. The highest BCUT2D eigenvalue weighted by Gasteiger charge is 2.20. The molecule has 4 heterocycles. The number of benzene rings is 1. The molecule has 0 unspecified atom stereocenters. The van der Waals surface area contributed by atoms with Gasteiger partial charge in [-0.3, -0.25) is 9.78 Å². The van der Waals surface area contributed by atoms with Gasteiger partial charge in [-0.05, 0) is 49.2 Å². The lowest BCUT2D eigenvalue weighted by molar-refractivity contribution is 0.102. The Hall–Kier alpha value is -3.36. The largest absolute Gasteiger partial charge is 0.353 e. The topological polar surface area (TPSA) is 74.2 Å². The number of rotatable bonds is 4. The average Bonchev–Trinajstić information content (AvgIpc) is 3.25.